The highest BCUT2D eigenvalue weighted by Gasteiger charge is 2.13. The van der Waals surface area contributed by atoms with Gasteiger partial charge < -0.3 is 10.3 Å². The Bertz CT molecular complexity index is 1020. The van der Waals surface area contributed by atoms with Gasteiger partial charge in [-0.3, -0.25) is 4.79 Å². The lowest BCUT2D eigenvalue weighted by Crippen LogP contribution is -2.26. The number of benzene rings is 2. The van der Waals surface area contributed by atoms with Crippen molar-refractivity contribution in [3.63, 3.8) is 0 Å². The van der Waals surface area contributed by atoms with Crippen molar-refractivity contribution in [2.75, 3.05) is 0 Å². The zero-order chi connectivity index (χ0) is 18.7. The Balaban J connectivity index is 1.59. The molecule has 0 bridgehead atoms. The van der Waals surface area contributed by atoms with Crippen molar-refractivity contribution in [1.29, 1.82) is 0 Å². The van der Waals surface area contributed by atoms with E-state index in [0.29, 0.717) is 12.8 Å². The van der Waals surface area contributed by atoms with E-state index in [4.69, 9.17) is 5.14 Å². The van der Waals surface area contributed by atoms with Gasteiger partial charge in [0.2, 0.25) is 15.9 Å². The van der Waals surface area contributed by atoms with Crippen LogP contribution in [0.2, 0.25) is 0 Å². The molecule has 6 nitrogen and oxygen atoms in total. The van der Waals surface area contributed by atoms with Crippen LogP contribution < -0.4 is 10.5 Å². The molecular formula is C19H21N3O3S. The van der Waals surface area contributed by atoms with Crippen LogP contribution in [-0.4, -0.2) is 19.3 Å². The van der Waals surface area contributed by atoms with Crippen LogP contribution in [0, 0.1) is 0 Å². The fourth-order valence-corrected chi connectivity index (χ4v) is 3.45. The molecule has 0 aliphatic carbocycles. The molecule has 0 spiro atoms. The second-order valence-electron chi connectivity index (χ2n) is 6.26. The van der Waals surface area contributed by atoms with Gasteiger partial charge in [0.25, 0.3) is 0 Å². The SMILES string of the molecule is C[C@@H](NC(=O)CCc1c[nH]c2ccccc12)c1ccc(S(N)(=O)=O)cc1. The van der Waals surface area contributed by atoms with Crippen molar-refractivity contribution in [3.8, 4) is 0 Å². The molecule has 3 aromatic rings. The zero-order valence-electron chi connectivity index (χ0n) is 14.4. The first-order chi connectivity index (χ1) is 12.3. The van der Waals surface area contributed by atoms with Crippen LogP contribution >= 0.6 is 0 Å². The summed E-state index contributed by atoms with van der Waals surface area (Å²) in [7, 11) is -3.71. The Morgan fingerprint density at radius 1 is 1.15 bits per heavy atom. The Kier molecular flexibility index (Phi) is 5.11. The van der Waals surface area contributed by atoms with Crippen LogP contribution in [0.4, 0.5) is 0 Å². The quantitative estimate of drug-likeness (QED) is 0.620. The predicted molar refractivity (Wildman–Crippen MR) is 101 cm³/mol. The second kappa shape index (κ2) is 7.31. The summed E-state index contributed by atoms with van der Waals surface area (Å²) in [6.07, 6.45) is 2.96. The summed E-state index contributed by atoms with van der Waals surface area (Å²) in [5.74, 6) is -0.0571. The van der Waals surface area contributed by atoms with Gasteiger partial charge in [-0.05, 0) is 42.7 Å². The minimum atomic E-state index is -3.71. The fourth-order valence-electron chi connectivity index (χ4n) is 2.93. The first-order valence-corrected chi connectivity index (χ1v) is 9.86. The molecule has 1 heterocycles. The van der Waals surface area contributed by atoms with Crippen molar-refractivity contribution in [3.05, 3.63) is 65.9 Å². The summed E-state index contributed by atoms with van der Waals surface area (Å²) in [6.45, 7) is 1.86. The highest BCUT2D eigenvalue weighted by Crippen LogP contribution is 2.19. The molecule has 7 heteroatoms. The van der Waals surface area contributed by atoms with Crippen molar-refractivity contribution in [2.45, 2.75) is 30.7 Å². The summed E-state index contributed by atoms with van der Waals surface area (Å²) < 4.78 is 22.6. The van der Waals surface area contributed by atoms with Crippen LogP contribution in [0.5, 0.6) is 0 Å². The lowest BCUT2D eigenvalue weighted by Gasteiger charge is -2.14. The van der Waals surface area contributed by atoms with Gasteiger partial charge in [-0.25, -0.2) is 13.6 Å². The summed E-state index contributed by atoms with van der Waals surface area (Å²) in [6, 6.07) is 14.0. The standard InChI is InChI=1S/C19H21N3O3S/c1-13(14-6-9-16(10-7-14)26(20,24)25)22-19(23)11-8-15-12-21-18-5-3-2-4-17(15)18/h2-7,9-10,12-13,21H,8,11H2,1H3,(H,22,23)(H2,20,24,25)/t13-/m1/s1. The molecule has 1 amide bonds. The lowest BCUT2D eigenvalue weighted by molar-refractivity contribution is -0.121. The van der Waals surface area contributed by atoms with Crippen molar-refractivity contribution >= 4 is 26.8 Å². The molecule has 0 saturated carbocycles. The summed E-state index contributed by atoms with van der Waals surface area (Å²) in [4.78, 5) is 15.5. The second-order valence-corrected chi connectivity index (χ2v) is 7.82. The van der Waals surface area contributed by atoms with Crippen LogP contribution in [-0.2, 0) is 21.2 Å². The van der Waals surface area contributed by atoms with E-state index in [0.717, 1.165) is 22.0 Å². The van der Waals surface area contributed by atoms with Gasteiger partial charge in [0.1, 0.15) is 0 Å². The maximum atomic E-state index is 12.2. The number of hydrogen-bond donors (Lipinski definition) is 3. The average Bonchev–Trinajstić information content (AvgIpc) is 3.02. The van der Waals surface area contributed by atoms with E-state index in [1.807, 2.05) is 37.4 Å². The number of H-pyrrole nitrogens is 1. The number of sulfonamides is 1. The van der Waals surface area contributed by atoms with Crippen LogP contribution in [0.3, 0.4) is 0 Å². The van der Waals surface area contributed by atoms with E-state index in [9.17, 15) is 13.2 Å². The number of aromatic nitrogens is 1. The van der Waals surface area contributed by atoms with Gasteiger partial charge in [0, 0.05) is 23.5 Å². The number of amides is 1. The number of para-hydroxylation sites is 1. The number of hydrogen-bond acceptors (Lipinski definition) is 3. The fraction of sp³-hybridized carbons (Fsp3) is 0.211. The molecular weight excluding hydrogens is 350 g/mol. The third kappa shape index (κ3) is 4.12. The molecule has 1 aromatic heterocycles. The average molecular weight is 371 g/mol. The normalized spacial score (nSPS) is 12.8. The van der Waals surface area contributed by atoms with Crippen molar-refractivity contribution in [1.82, 2.24) is 10.3 Å². The van der Waals surface area contributed by atoms with Crippen LogP contribution in [0.1, 0.15) is 30.5 Å². The Morgan fingerprint density at radius 2 is 1.85 bits per heavy atom. The van der Waals surface area contributed by atoms with Crippen molar-refractivity contribution in [2.24, 2.45) is 5.14 Å². The number of primary sulfonamides is 1. The van der Waals surface area contributed by atoms with Gasteiger partial charge in [0.05, 0.1) is 10.9 Å². The molecule has 0 aliphatic heterocycles. The van der Waals surface area contributed by atoms with Gasteiger partial charge in [-0.15, -0.1) is 0 Å². The number of rotatable bonds is 6. The molecule has 136 valence electrons. The first kappa shape index (κ1) is 18.2. The zero-order valence-corrected chi connectivity index (χ0v) is 15.2. The van der Waals surface area contributed by atoms with Gasteiger partial charge in [-0.2, -0.15) is 0 Å². The van der Waals surface area contributed by atoms with E-state index in [-0.39, 0.29) is 16.8 Å². The monoisotopic (exact) mass is 371 g/mol. The summed E-state index contributed by atoms with van der Waals surface area (Å²) in [5, 5.41) is 9.16. The summed E-state index contributed by atoms with van der Waals surface area (Å²) in [5.41, 5.74) is 2.99. The number of fused-ring (bicyclic) bond motifs is 1. The third-order valence-corrected chi connectivity index (χ3v) is 5.31. The number of aryl methyl sites for hydroxylation is 1. The minimum Gasteiger partial charge on any atom is -0.361 e. The predicted octanol–water partition coefficient (Wildman–Crippen LogP) is 2.63. The van der Waals surface area contributed by atoms with E-state index >= 15 is 0 Å². The number of nitrogens with two attached hydrogens (primary N) is 1. The smallest absolute Gasteiger partial charge is 0.238 e. The van der Waals surface area contributed by atoms with Crippen LogP contribution in [0.25, 0.3) is 10.9 Å². The Hall–Kier alpha value is -2.64. The molecule has 0 fully saturated rings. The molecule has 0 radical (unpaired) electrons. The minimum absolute atomic E-state index is 0.0547. The highest BCUT2D eigenvalue weighted by molar-refractivity contribution is 7.89. The van der Waals surface area contributed by atoms with E-state index in [2.05, 4.69) is 10.3 Å². The molecule has 3 rings (SSSR count). The molecule has 1 atom stereocenters. The Morgan fingerprint density at radius 3 is 2.54 bits per heavy atom. The number of carbonyl (C=O) groups excluding carboxylic acids is 1. The van der Waals surface area contributed by atoms with E-state index < -0.39 is 10.0 Å². The van der Waals surface area contributed by atoms with E-state index in [1.54, 1.807) is 12.1 Å². The third-order valence-electron chi connectivity index (χ3n) is 4.38. The van der Waals surface area contributed by atoms with Crippen LogP contribution in [0.15, 0.2) is 59.6 Å². The highest BCUT2D eigenvalue weighted by atomic mass is 32.2. The van der Waals surface area contributed by atoms with Gasteiger partial charge in [0.15, 0.2) is 0 Å². The maximum absolute atomic E-state index is 12.2. The number of carbonyl (C=O) groups is 1. The topological polar surface area (TPSA) is 105 Å². The largest absolute Gasteiger partial charge is 0.361 e. The number of nitrogens with one attached hydrogen (secondary N) is 2. The number of aromatic amines is 1. The first-order valence-electron chi connectivity index (χ1n) is 8.32. The molecule has 0 unspecified atom stereocenters. The van der Waals surface area contributed by atoms with Gasteiger partial charge in [-0.1, -0.05) is 30.3 Å². The lowest BCUT2D eigenvalue weighted by atomic mass is 10.1. The van der Waals surface area contributed by atoms with Gasteiger partial charge >= 0.3 is 0 Å². The maximum Gasteiger partial charge on any atom is 0.238 e. The molecule has 0 saturated heterocycles. The molecule has 26 heavy (non-hydrogen) atoms. The molecule has 4 N–H and O–H groups in total. The molecule has 2 aromatic carbocycles. The Labute approximate surface area is 152 Å². The summed E-state index contributed by atoms with van der Waals surface area (Å²) >= 11 is 0. The van der Waals surface area contributed by atoms with Crippen molar-refractivity contribution < 1.29 is 13.2 Å². The van der Waals surface area contributed by atoms with E-state index in [1.165, 1.54) is 12.1 Å². The molecule has 0 aliphatic rings.